The smallest absolute Gasteiger partial charge is 0.326 e. The third kappa shape index (κ3) is 3.83. The standard InChI is InChI=1S/C19H16N2O7/c1-12-4-2-3-5-16(12)27-8-9-28-17(22)11-20-18(23)14-7-6-13(21(25)26)10-15(14)19(20)24/h2-7,10H,8-9,11H2,1H3. The topological polar surface area (TPSA) is 116 Å². The maximum atomic E-state index is 12.3. The molecule has 28 heavy (non-hydrogen) atoms. The van der Waals surface area contributed by atoms with E-state index in [2.05, 4.69) is 0 Å². The van der Waals surface area contributed by atoms with E-state index in [1.165, 1.54) is 6.07 Å². The molecule has 0 radical (unpaired) electrons. The Hall–Kier alpha value is -3.75. The van der Waals surface area contributed by atoms with E-state index in [-0.39, 0.29) is 30.0 Å². The van der Waals surface area contributed by atoms with Gasteiger partial charge in [-0.15, -0.1) is 0 Å². The molecule has 144 valence electrons. The third-order valence-electron chi connectivity index (χ3n) is 4.15. The van der Waals surface area contributed by atoms with Crippen LogP contribution in [0.5, 0.6) is 5.75 Å². The Morgan fingerprint density at radius 2 is 1.79 bits per heavy atom. The van der Waals surface area contributed by atoms with Crippen LogP contribution in [-0.4, -0.2) is 47.4 Å². The number of hydrogen-bond donors (Lipinski definition) is 0. The molecule has 0 saturated carbocycles. The molecular weight excluding hydrogens is 368 g/mol. The van der Waals surface area contributed by atoms with Crippen LogP contribution >= 0.6 is 0 Å². The number of benzene rings is 2. The molecular formula is C19H16N2O7. The second-order valence-corrected chi connectivity index (χ2v) is 6.02. The van der Waals surface area contributed by atoms with E-state index in [1.807, 2.05) is 25.1 Å². The van der Waals surface area contributed by atoms with Gasteiger partial charge in [-0.2, -0.15) is 0 Å². The molecule has 9 heteroatoms. The number of nitro benzene ring substituents is 1. The molecule has 3 rings (SSSR count). The third-order valence-corrected chi connectivity index (χ3v) is 4.15. The average molecular weight is 384 g/mol. The number of hydrogen-bond acceptors (Lipinski definition) is 7. The van der Waals surface area contributed by atoms with Crippen LogP contribution in [0.3, 0.4) is 0 Å². The van der Waals surface area contributed by atoms with Gasteiger partial charge in [0.05, 0.1) is 16.1 Å². The lowest BCUT2D eigenvalue weighted by molar-refractivity contribution is -0.384. The van der Waals surface area contributed by atoms with Gasteiger partial charge in [-0.25, -0.2) is 0 Å². The van der Waals surface area contributed by atoms with Gasteiger partial charge in [-0.05, 0) is 24.6 Å². The summed E-state index contributed by atoms with van der Waals surface area (Å²) in [6.45, 7) is 1.37. The molecule has 2 amide bonds. The van der Waals surface area contributed by atoms with Crippen molar-refractivity contribution in [3.63, 3.8) is 0 Å². The minimum absolute atomic E-state index is 0.0197. The molecule has 1 aliphatic rings. The summed E-state index contributed by atoms with van der Waals surface area (Å²) in [4.78, 5) is 47.4. The Morgan fingerprint density at radius 1 is 1.07 bits per heavy atom. The molecule has 0 spiro atoms. The molecule has 9 nitrogen and oxygen atoms in total. The van der Waals surface area contributed by atoms with Crippen molar-refractivity contribution < 1.29 is 28.8 Å². The number of ether oxygens (including phenoxy) is 2. The van der Waals surface area contributed by atoms with Gasteiger partial charge in [0.2, 0.25) is 0 Å². The molecule has 0 saturated heterocycles. The van der Waals surface area contributed by atoms with Gasteiger partial charge < -0.3 is 9.47 Å². The van der Waals surface area contributed by atoms with Gasteiger partial charge in [0.15, 0.2) is 0 Å². The first-order valence-corrected chi connectivity index (χ1v) is 8.37. The van der Waals surface area contributed by atoms with Crippen molar-refractivity contribution in [2.75, 3.05) is 19.8 Å². The molecule has 0 aromatic heterocycles. The molecule has 0 bridgehead atoms. The summed E-state index contributed by atoms with van der Waals surface area (Å²) in [5, 5.41) is 10.8. The lowest BCUT2D eigenvalue weighted by atomic mass is 10.1. The molecule has 0 unspecified atom stereocenters. The van der Waals surface area contributed by atoms with E-state index in [0.29, 0.717) is 10.6 Å². The van der Waals surface area contributed by atoms with Crippen LogP contribution < -0.4 is 4.74 Å². The Bertz CT molecular complexity index is 971. The normalized spacial score (nSPS) is 12.7. The Labute approximate surface area is 159 Å². The highest BCUT2D eigenvalue weighted by Gasteiger charge is 2.38. The number of esters is 1. The van der Waals surface area contributed by atoms with Crippen LogP contribution in [0.15, 0.2) is 42.5 Å². The molecule has 0 N–H and O–H groups in total. The number of nitro groups is 1. The van der Waals surface area contributed by atoms with Gasteiger partial charge in [-0.3, -0.25) is 29.4 Å². The minimum atomic E-state index is -0.780. The molecule has 0 fully saturated rings. The zero-order valence-corrected chi connectivity index (χ0v) is 14.9. The van der Waals surface area contributed by atoms with Crippen molar-refractivity contribution in [1.82, 2.24) is 4.90 Å². The van der Waals surface area contributed by atoms with Gasteiger partial charge >= 0.3 is 5.97 Å². The number of nitrogens with zero attached hydrogens (tertiary/aromatic N) is 2. The van der Waals surface area contributed by atoms with E-state index in [1.54, 1.807) is 6.07 Å². The van der Waals surface area contributed by atoms with E-state index in [9.17, 15) is 24.5 Å². The monoisotopic (exact) mass is 384 g/mol. The quantitative estimate of drug-likeness (QED) is 0.236. The van der Waals surface area contributed by atoms with Crippen molar-refractivity contribution in [2.45, 2.75) is 6.92 Å². The second kappa shape index (κ2) is 7.87. The minimum Gasteiger partial charge on any atom is -0.490 e. The average Bonchev–Trinajstić information content (AvgIpc) is 2.91. The highest BCUT2D eigenvalue weighted by atomic mass is 16.6. The van der Waals surface area contributed by atoms with E-state index >= 15 is 0 Å². The first-order valence-electron chi connectivity index (χ1n) is 8.37. The summed E-state index contributed by atoms with van der Waals surface area (Å²) >= 11 is 0. The van der Waals surface area contributed by atoms with Crippen LogP contribution in [0.1, 0.15) is 26.3 Å². The van der Waals surface area contributed by atoms with Crippen molar-refractivity contribution >= 4 is 23.5 Å². The first-order chi connectivity index (χ1) is 13.4. The van der Waals surface area contributed by atoms with Crippen LogP contribution in [0.25, 0.3) is 0 Å². The van der Waals surface area contributed by atoms with Crippen molar-refractivity contribution in [3.05, 3.63) is 69.3 Å². The van der Waals surface area contributed by atoms with Crippen molar-refractivity contribution in [2.24, 2.45) is 0 Å². The van der Waals surface area contributed by atoms with Gasteiger partial charge in [0.25, 0.3) is 17.5 Å². The molecule has 2 aromatic rings. The van der Waals surface area contributed by atoms with Crippen LogP contribution in [0, 0.1) is 17.0 Å². The molecule has 1 aliphatic heterocycles. The fourth-order valence-corrected chi connectivity index (χ4v) is 2.74. The SMILES string of the molecule is Cc1ccccc1OCCOC(=O)CN1C(=O)c2ccc([N+](=O)[O-])cc2C1=O. The lowest BCUT2D eigenvalue weighted by Crippen LogP contribution is -2.36. The summed E-state index contributed by atoms with van der Waals surface area (Å²) in [6.07, 6.45) is 0. The number of carbonyl (C=O) groups excluding carboxylic acids is 3. The van der Waals surface area contributed by atoms with Gasteiger partial charge in [0.1, 0.15) is 25.5 Å². The summed E-state index contributed by atoms with van der Waals surface area (Å²) in [7, 11) is 0. The highest BCUT2D eigenvalue weighted by Crippen LogP contribution is 2.26. The predicted molar refractivity (Wildman–Crippen MR) is 96.1 cm³/mol. The molecule has 0 atom stereocenters. The fourth-order valence-electron chi connectivity index (χ4n) is 2.74. The number of amides is 2. The van der Waals surface area contributed by atoms with Crippen LogP contribution in [-0.2, 0) is 9.53 Å². The van der Waals surface area contributed by atoms with Gasteiger partial charge in [0, 0.05) is 12.1 Å². The van der Waals surface area contributed by atoms with Crippen molar-refractivity contribution in [3.8, 4) is 5.75 Å². The number of fused-ring (bicyclic) bond motifs is 1. The number of carbonyl (C=O) groups is 3. The van der Waals surface area contributed by atoms with Gasteiger partial charge in [-0.1, -0.05) is 18.2 Å². The molecule has 1 heterocycles. The van der Waals surface area contributed by atoms with Crippen molar-refractivity contribution in [1.29, 1.82) is 0 Å². The summed E-state index contributed by atoms with van der Waals surface area (Å²) in [6, 6.07) is 10.7. The van der Waals surface area contributed by atoms with Crippen LogP contribution in [0.2, 0.25) is 0 Å². The lowest BCUT2D eigenvalue weighted by Gasteiger charge is -2.13. The molecule has 2 aromatic carbocycles. The van der Waals surface area contributed by atoms with E-state index in [0.717, 1.165) is 17.7 Å². The number of imide groups is 1. The van der Waals surface area contributed by atoms with E-state index < -0.39 is 29.3 Å². The summed E-state index contributed by atoms with van der Waals surface area (Å²) in [5.74, 6) is -1.57. The number of para-hydroxylation sites is 1. The maximum Gasteiger partial charge on any atom is 0.326 e. The summed E-state index contributed by atoms with van der Waals surface area (Å²) in [5.41, 5.74) is 0.549. The second-order valence-electron chi connectivity index (χ2n) is 6.02. The highest BCUT2D eigenvalue weighted by molar-refractivity contribution is 6.22. The first kappa shape index (κ1) is 19.0. The Morgan fingerprint density at radius 3 is 2.50 bits per heavy atom. The Kier molecular flexibility index (Phi) is 5.35. The number of non-ortho nitro benzene ring substituents is 1. The fraction of sp³-hybridized carbons (Fsp3) is 0.211. The zero-order chi connectivity index (χ0) is 20.3. The maximum absolute atomic E-state index is 12.3. The Balaban J connectivity index is 1.54. The number of aryl methyl sites for hydroxylation is 1. The number of rotatable bonds is 7. The van der Waals surface area contributed by atoms with Crippen LogP contribution in [0.4, 0.5) is 5.69 Å². The summed E-state index contributed by atoms with van der Waals surface area (Å²) < 4.78 is 10.5. The molecule has 0 aliphatic carbocycles. The van der Waals surface area contributed by atoms with E-state index in [4.69, 9.17) is 9.47 Å². The predicted octanol–water partition coefficient (Wildman–Crippen LogP) is 2.12. The zero-order valence-electron chi connectivity index (χ0n) is 14.9. The largest absolute Gasteiger partial charge is 0.490 e.